The van der Waals surface area contributed by atoms with E-state index in [0.717, 1.165) is 29.1 Å². The Balaban J connectivity index is 1.87. The Kier molecular flexibility index (Phi) is 4.66. The van der Waals surface area contributed by atoms with Crippen molar-refractivity contribution in [3.05, 3.63) is 52.3 Å². The fraction of sp³-hybridized carbons (Fsp3) is 0.389. The largest absolute Gasteiger partial charge is 0.309 e. The zero-order valence-corrected chi connectivity index (χ0v) is 14.5. The van der Waals surface area contributed by atoms with Crippen LogP contribution in [0.25, 0.3) is 10.2 Å². The second kappa shape index (κ2) is 6.71. The highest BCUT2D eigenvalue weighted by Crippen LogP contribution is 2.25. The van der Waals surface area contributed by atoms with Crippen molar-refractivity contribution < 1.29 is 4.39 Å². The van der Waals surface area contributed by atoms with Crippen LogP contribution in [0.4, 0.5) is 4.39 Å². The van der Waals surface area contributed by atoms with Crippen molar-refractivity contribution >= 4 is 21.6 Å². The normalized spacial score (nSPS) is 11.5. The van der Waals surface area contributed by atoms with Gasteiger partial charge in [-0.25, -0.2) is 15.0 Å². The zero-order valence-electron chi connectivity index (χ0n) is 13.6. The molecule has 3 rings (SSSR count). The highest BCUT2D eigenvalue weighted by atomic mass is 32.1. The van der Waals surface area contributed by atoms with Crippen molar-refractivity contribution in [1.29, 1.82) is 0 Å². The number of thiazole rings is 1. The van der Waals surface area contributed by atoms with Crippen LogP contribution in [0.3, 0.4) is 0 Å². The number of hydrogen-bond acceptors (Lipinski definition) is 4. The average molecular weight is 329 g/mol. The first-order chi connectivity index (χ1) is 11.0. The SMILES string of the molecule is CCc1ccc2nc(Cc3cc(CC(C)C)nc(F)n3)sc2c1. The average Bonchev–Trinajstić information content (AvgIpc) is 2.86. The molecule has 3 nitrogen and oxygen atoms in total. The lowest BCUT2D eigenvalue weighted by molar-refractivity contribution is 0.517. The summed E-state index contributed by atoms with van der Waals surface area (Å²) in [4.78, 5) is 12.5. The van der Waals surface area contributed by atoms with E-state index in [1.807, 2.05) is 6.07 Å². The Hall–Kier alpha value is -1.88. The van der Waals surface area contributed by atoms with E-state index in [9.17, 15) is 4.39 Å². The van der Waals surface area contributed by atoms with Gasteiger partial charge in [-0.15, -0.1) is 11.3 Å². The molecule has 1 aromatic carbocycles. The number of fused-ring (bicyclic) bond motifs is 1. The molecule has 3 aromatic rings. The molecule has 0 atom stereocenters. The van der Waals surface area contributed by atoms with Gasteiger partial charge in [0.25, 0.3) is 0 Å². The standard InChI is InChI=1S/C18H20FN3S/c1-4-12-5-6-15-16(8-12)23-17(22-15)10-14-9-13(7-11(2)3)20-18(19)21-14/h5-6,8-9,11H,4,7,10H2,1-3H3. The summed E-state index contributed by atoms with van der Waals surface area (Å²) >= 11 is 1.65. The summed E-state index contributed by atoms with van der Waals surface area (Å²) < 4.78 is 14.8. The highest BCUT2D eigenvalue weighted by molar-refractivity contribution is 7.18. The maximum atomic E-state index is 13.6. The molecule has 0 amide bonds. The van der Waals surface area contributed by atoms with Gasteiger partial charge < -0.3 is 0 Å². The molecule has 0 saturated carbocycles. The summed E-state index contributed by atoms with van der Waals surface area (Å²) in [5, 5.41) is 0.960. The van der Waals surface area contributed by atoms with Gasteiger partial charge in [-0.3, -0.25) is 0 Å². The third-order valence-electron chi connectivity index (χ3n) is 3.66. The van der Waals surface area contributed by atoms with Crippen molar-refractivity contribution in [2.45, 2.75) is 40.0 Å². The van der Waals surface area contributed by atoms with E-state index in [4.69, 9.17) is 0 Å². The van der Waals surface area contributed by atoms with E-state index in [0.29, 0.717) is 18.0 Å². The highest BCUT2D eigenvalue weighted by Gasteiger charge is 2.10. The number of hydrogen-bond donors (Lipinski definition) is 0. The lowest BCUT2D eigenvalue weighted by atomic mass is 10.1. The second-order valence-corrected chi connectivity index (χ2v) is 7.27. The summed E-state index contributed by atoms with van der Waals surface area (Å²) in [5.41, 5.74) is 3.76. The van der Waals surface area contributed by atoms with E-state index in [1.165, 1.54) is 10.3 Å². The van der Waals surface area contributed by atoms with Crippen LogP contribution in [0.1, 0.15) is 42.7 Å². The molecule has 2 heterocycles. The maximum Gasteiger partial charge on any atom is 0.309 e. The third-order valence-corrected chi connectivity index (χ3v) is 4.68. The number of halogens is 1. The molecule has 0 spiro atoms. The van der Waals surface area contributed by atoms with Crippen molar-refractivity contribution in [2.75, 3.05) is 0 Å². The first-order valence-corrected chi connectivity index (χ1v) is 8.76. The maximum absolute atomic E-state index is 13.6. The fourth-order valence-corrected chi connectivity index (χ4v) is 3.65. The van der Waals surface area contributed by atoms with E-state index in [2.05, 4.69) is 53.9 Å². The number of rotatable bonds is 5. The fourth-order valence-electron chi connectivity index (χ4n) is 2.60. The Morgan fingerprint density at radius 3 is 2.61 bits per heavy atom. The van der Waals surface area contributed by atoms with E-state index < -0.39 is 6.08 Å². The molecule has 2 aromatic heterocycles. The monoisotopic (exact) mass is 329 g/mol. The Morgan fingerprint density at radius 1 is 1.09 bits per heavy atom. The van der Waals surface area contributed by atoms with Gasteiger partial charge in [0.2, 0.25) is 0 Å². The van der Waals surface area contributed by atoms with Crippen LogP contribution in [0.15, 0.2) is 24.3 Å². The molecular formula is C18H20FN3S. The quantitative estimate of drug-likeness (QED) is 0.643. The Morgan fingerprint density at radius 2 is 1.87 bits per heavy atom. The molecule has 0 fully saturated rings. The smallest absolute Gasteiger partial charge is 0.241 e. The molecule has 23 heavy (non-hydrogen) atoms. The molecular weight excluding hydrogens is 309 g/mol. The summed E-state index contributed by atoms with van der Waals surface area (Å²) in [7, 11) is 0. The van der Waals surface area contributed by atoms with Crippen LogP contribution in [-0.2, 0) is 19.3 Å². The number of benzene rings is 1. The van der Waals surface area contributed by atoms with Crippen molar-refractivity contribution in [3.63, 3.8) is 0 Å². The lowest BCUT2D eigenvalue weighted by Gasteiger charge is -2.05. The van der Waals surface area contributed by atoms with Crippen molar-refractivity contribution in [2.24, 2.45) is 5.92 Å². The van der Waals surface area contributed by atoms with Gasteiger partial charge in [0.1, 0.15) is 0 Å². The van der Waals surface area contributed by atoms with Gasteiger partial charge in [-0.05, 0) is 42.5 Å². The molecule has 5 heteroatoms. The van der Waals surface area contributed by atoms with Crippen LogP contribution in [-0.4, -0.2) is 15.0 Å². The predicted octanol–water partition coefficient (Wildman–Crippen LogP) is 4.58. The summed E-state index contributed by atoms with van der Waals surface area (Å²) in [6.07, 6.45) is 1.67. The van der Waals surface area contributed by atoms with E-state index >= 15 is 0 Å². The first-order valence-electron chi connectivity index (χ1n) is 7.94. The van der Waals surface area contributed by atoms with Crippen LogP contribution >= 0.6 is 11.3 Å². The molecule has 0 unspecified atom stereocenters. The van der Waals surface area contributed by atoms with Crippen molar-refractivity contribution in [3.8, 4) is 0 Å². The van der Waals surface area contributed by atoms with E-state index in [-0.39, 0.29) is 0 Å². The van der Waals surface area contributed by atoms with Gasteiger partial charge in [-0.2, -0.15) is 4.39 Å². The number of aryl methyl sites for hydroxylation is 1. The molecule has 0 aliphatic rings. The minimum atomic E-state index is -0.646. The Bertz CT molecular complexity index is 826. The van der Waals surface area contributed by atoms with Crippen LogP contribution < -0.4 is 0 Å². The van der Waals surface area contributed by atoms with Gasteiger partial charge in [0, 0.05) is 12.1 Å². The molecule has 0 radical (unpaired) electrons. The molecule has 0 saturated heterocycles. The second-order valence-electron chi connectivity index (χ2n) is 6.16. The predicted molar refractivity (Wildman–Crippen MR) is 92.3 cm³/mol. The van der Waals surface area contributed by atoms with Crippen LogP contribution in [0.2, 0.25) is 0 Å². The molecule has 120 valence electrons. The van der Waals surface area contributed by atoms with Gasteiger partial charge in [0.15, 0.2) is 0 Å². The molecule has 0 aliphatic heterocycles. The number of nitrogens with zero attached hydrogens (tertiary/aromatic N) is 3. The van der Waals surface area contributed by atoms with Crippen LogP contribution in [0.5, 0.6) is 0 Å². The van der Waals surface area contributed by atoms with Gasteiger partial charge in [-0.1, -0.05) is 26.8 Å². The first kappa shape index (κ1) is 16.0. The molecule has 0 aliphatic carbocycles. The van der Waals surface area contributed by atoms with Crippen LogP contribution in [0, 0.1) is 12.0 Å². The molecule has 0 bridgehead atoms. The van der Waals surface area contributed by atoms with E-state index in [1.54, 1.807) is 11.3 Å². The van der Waals surface area contributed by atoms with Gasteiger partial charge in [0.05, 0.1) is 20.9 Å². The van der Waals surface area contributed by atoms with Gasteiger partial charge >= 0.3 is 6.08 Å². The molecule has 0 N–H and O–H groups in total. The summed E-state index contributed by atoms with van der Waals surface area (Å²) in [6.45, 7) is 6.33. The van der Waals surface area contributed by atoms with Crippen molar-refractivity contribution in [1.82, 2.24) is 15.0 Å². The number of aromatic nitrogens is 3. The summed E-state index contributed by atoms with van der Waals surface area (Å²) in [6, 6.07) is 8.24. The zero-order chi connectivity index (χ0) is 16.4. The minimum Gasteiger partial charge on any atom is -0.241 e. The third kappa shape index (κ3) is 3.91. The Labute approximate surface area is 139 Å². The summed E-state index contributed by atoms with van der Waals surface area (Å²) in [5.74, 6) is 0.437. The lowest BCUT2D eigenvalue weighted by Crippen LogP contribution is -2.04. The minimum absolute atomic E-state index is 0.437. The topological polar surface area (TPSA) is 38.7 Å².